The standard InChI is InChI=1S/C15H20N2S2/c1-12-4-2-5-15(10-12)19-11-13(17-16)7-8-14-6-3-9-18-14/h2-6,9-10,13,17H,7-8,11,16H2,1H3. The number of rotatable bonds is 7. The molecule has 3 N–H and O–H groups in total. The van der Waals surface area contributed by atoms with Gasteiger partial charge in [0.05, 0.1) is 0 Å². The summed E-state index contributed by atoms with van der Waals surface area (Å²) in [4.78, 5) is 2.75. The third-order valence-corrected chi connectivity index (χ3v) is 5.09. The van der Waals surface area contributed by atoms with Crippen molar-refractivity contribution in [3.8, 4) is 0 Å². The number of hydrazine groups is 1. The number of hydrogen-bond acceptors (Lipinski definition) is 4. The highest BCUT2D eigenvalue weighted by Crippen LogP contribution is 2.21. The number of benzene rings is 1. The SMILES string of the molecule is Cc1cccc(SCC(CCc2cccs2)NN)c1. The fourth-order valence-electron chi connectivity index (χ4n) is 1.89. The molecular formula is C15H20N2S2. The molecule has 0 aliphatic carbocycles. The maximum Gasteiger partial charge on any atom is 0.0308 e. The van der Waals surface area contributed by atoms with Gasteiger partial charge in [0.25, 0.3) is 0 Å². The Hall–Kier alpha value is -0.810. The van der Waals surface area contributed by atoms with Crippen LogP contribution in [0.4, 0.5) is 0 Å². The Labute approximate surface area is 123 Å². The van der Waals surface area contributed by atoms with Gasteiger partial charge in [-0.2, -0.15) is 0 Å². The molecule has 0 saturated heterocycles. The van der Waals surface area contributed by atoms with E-state index in [1.54, 1.807) is 0 Å². The highest BCUT2D eigenvalue weighted by molar-refractivity contribution is 7.99. The lowest BCUT2D eigenvalue weighted by Crippen LogP contribution is -2.37. The predicted octanol–water partition coefficient (Wildman–Crippen LogP) is 3.61. The first kappa shape index (κ1) is 14.6. The second kappa shape index (κ2) is 7.70. The van der Waals surface area contributed by atoms with Crippen molar-refractivity contribution in [1.29, 1.82) is 0 Å². The van der Waals surface area contributed by atoms with Crippen LogP contribution in [0.2, 0.25) is 0 Å². The molecule has 0 radical (unpaired) electrons. The van der Waals surface area contributed by atoms with Crippen LogP contribution >= 0.6 is 23.1 Å². The predicted molar refractivity (Wildman–Crippen MR) is 85.7 cm³/mol. The Morgan fingerprint density at radius 3 is 2.89 bits per heavy atom. The van der Waals surface area contributed by atoms with Crippen molar-refractivity contribution in [1.82, 2.24) is 5.43 Å². The molecule has 102 valence electrons. The first-order valence-electron chi connectivity index (χ1n) is 6.46. The zero-order chi connectivity index (χ0) is 13.5. The van der Waals surface area contributed by atoms with Crippen molar-refractivity contribution < 1.29 is 0 Å². The van der Waals surface area contributed by atoms with E-state index in [4.69, 9.17) is 5.84 Å². The summed E-state index contributed by atoms with van der Waals surface area (Å²) in [5.74, 6) is 6.65. The van der Waals surface area contributed by atoms with Gasteiger partial charge in [-0.05, 0) is 43.3 Å². The van der Waals surface area contributed by atoms with E-state index in [0.29, 0.717) is 6.04 Å². The van der Waals surface area contributed by atoms with Crippen LogP contribution in [0.15, 0.2) is 46.7 Å². The molecule has 0 aliphatic rings. The minimum atomic E-state index is 0.354. The average Bonchev–Trinajstić information content (AvgIpc) is 2.92. The molecule has 0 spiro atoms. The van der Waals surface area contributed by atoms with Crippen molar-refractivity contribution >= 4 is 23.1 Å². The number of thioether (sulfide) groups is 1. The molecule has 0 bridgehead atoms. The van der Waals surface area contributed by atoms with Gasteiger partial charge in [-0.25, -0.2) is 0 Å². The smallest absolute Gasteiger partial charge is 0.0308 e. The van der Waals surface area contributed by atoms with Crippen LogP contribution in [0.1, 0.15) is 16.9 Å². The van der Waals surface area contributed by atoms with E-state index < -0.39 is 0 Å². The molecule has 0 amide bonds. The van der Waals surface area contributed by atoms with Gasteiger partial charge in [0, 0.05) is 21.6 Å². The van der Waals surface area contributed by atoms with Crippen LogP contribution in [0, 0.1) is 6.92 Å². The quantitative estimate of drug-likeness (QED) is 0.465. The van der Waals surface area contributed by atoms with Crippen molar-refractivity contribution in [2.75, 3.05) is 5.75 Å². The van der Waals surface area contributed by atoms with Gasteiger partial charge in [-0.15, -0.1) is 23.1 Å². The topological polar surface area (TPSA) is 38.0 Å². The highest BCUT2D eigenvalue weighted by atomic mass is 32.2. The summed E-state index contributed by atoms with van der Waals surface area (Å²) in [5, 5.41) is 2.13. The number of hydrogen-bond donors (Lipinski definition) is 2. The third-order valence-electron chi connectivity index (χ3n) is 3.00. The minimum absolute atomic E-state index is 0.354. The van der Waals surface area contributed by atoms with Crippen molar-refractivity contribution in [3.63, 3.8) is 0 Å². The third kappa shape index (κ3) is 4.99. The summed E-state index contributed by atoms with van der Waals surface area (Å²) in [7, 11) is 0. The summed E-state index contributed by atoms with van der Waals surface area (Å²) in [6.07, 6.45) is 2.18. The lowest BCUT2D eigenvalue weighted by atomic mass is 10.2. The molecule has 1 unspecified atom stereocenters. The lowest BCUT2D eigenvalue weighted by molar-refractivity contribution is 0.541. The van der Waals surface area contributed by atoms with Crippen molar-refractivity contribution in [2.45, 2.75) is 30.7 Å². The van der Waals surface area contributed by atoms with E-state index in [1.807, 2.05) is 23.1 Å². The first-order valence-corrected chi connectivity index (χ1v) is 8.32. The van der Waals surface area contributed by atoms with Crippen LogP contribution < -0.4 is 11.3 Å². The molecule has 1 heterocycles. The highest BCUT2D eigenvalue weighted by Gasteiger charge is 2.08. The van der Waals surface area contributed by atoms with E-state index in [2.05, 4.69) is 54.1 Å². The largest absolute Gasteiger partial charge is 0.271 e. The van der Waals surface area contributed by atoms with E-state index in [1.165, 1.54) is 15.3 Å². The van der Waals surface area contributed by atoms with Crippen LogP contribution in [0.5, 0.6) is 0 Å². The first-order chi connectivity index (χ1) is 9.28. The Balaban J connectivity index is 1.79. The zero-order valence-electron chi connectivity index (χ0n) is 11.1. The number of aryl methyl sites for hydroxylation is 2. The number of nitrogens with one attached hydrogen (secondary N) is 1. The fraction of sp³-hybridized carbons (Fsp3) is 0.333. The Morgan fingerprint density at radius 2 is 2.21 bits per heavy atom. The van der Waals surface area contributed by atoms with Crippen LogP contribution in [-0.2, 0) is 6.42 Å². The molecule has 1 aromatic carbocycles. The molecule has 0 fully saturated rings. The van der Waals surface area contributed by atoms with E-state index >= 15 is 0 Å². The fourth-order valence-corrected chi connectivity index (χ4v) is 3.71. The van der Waals surface area contributed by atoms with E-state index in [0.717, 1.165) is 18.6 Å². The summed E-state index contributed by atoms with van der Waals surface area (Å²) in [5.41, 5.74) is 4.24. The average molecular weight is 292 g/mol. The summed E-state index contributed by atoms with van der Waals surface area (Å²) >= 11 is 3.68. The minimum Gasteiger partial charge on any atom is -0.271 e. The molecule has 19 heavy (non-hydrogen) atoms. The van der Waals surface area contributed by atoms with Gasteiger partial charge in [0.1, 0.15) is 0 Å². The zero-order valence-corrected chi connectivity index (χ0v) is 12.8. The van der Waals surface area contributed by atoms with Crippen LogP contribution in [-0.4, -0.2) is 11.8 Å². The molecule has 2 rings (SSSR count). The molecule has 1 aromatic heterocycles. The Kier molecular flexibility index (Phi) is 5.92. The second-order valence-corrected chi connectivity index (χ2v) is 6.73. The lowest BCUT2D eigenvalue weighted by Gasteiger charge is -2.15. The maximum absolute atomic E-state index is 5.65. The second-order valence-electron chi connectivity index (χ2n) is 4.61. The Morgan fingerprint density at radius 1 is 1.32 bits per heavy atom. The molecular weight excluding hydrogens is 272 g/mol. The Bertz CT molecular complexity index is 483. The summed E-state index contributed by atoms with van der Waals surface area (Å²) < 4.78 is 0. The number of nitrogens with two attached hydrogens (primary N) is 1. The van der Waals surface area contributed by atoms with E-state index in [-0.39, 0.29) is 0 Å². The van der Waals surface area contributed by atoms with Gasteiger partial charge < -0.3 is 0 Å². The summed E-state index contributed by atoms with van der Waals surface area (Å²) in [6.45, 7) is 2.12. The van der Waals surface area contributed by atoms with Gasteiger partial charge in [-0.1, -0.05) is 23.8 Å². The van der Waals surface area contributed by atoms with Crippen molar-refractivity contribution in [3.05, 3.63) is 52.2 Å². The van der Waals surface area contributed by atoms with Gasteiger partial charge >= 0.3 is 0 Å². The van der Waals surface area contributed by atoms with Gasteiger partial charge in [0.15, 0.2) is 0 Å². The van der Waals surface area contributed by atoms with E-state index in [9.17, 15) is 0 Å². The summed E-state index contributed by atoms with van der Waals surface area (Å²) in [6, 6.07) is 13.3. The normalized spacial score (nSPS) is 12.5. The maximum atomic E-state index is 5.65. The molecule has 2 aromatic rings. The molecule has 1 atom stereocenters. The molecule has 0 aliphatic heterocycles. The number of thiophene rings is 1. The van der Waals surface area contributed by atoms with Crippen molar-refractivity contribution in [2.24, 2.45) is 5.84 Å². The monoisotopic (exact) mass is 292 g/mol. The molecule has 4 heteroatoms. The van der Waals surface area contributed by atoms with Crippen LogP contribution in [0.25, 0.3) is 0 Å². The van der Waals surface area contributed by atoms with Gasteiger partial charge in [0.2, 0.25) is 0 Å². The van der Waals surface area contributed by atoms with Gasteiger partial charge in [-0.3, -0.25) is 11.3 Å². The van der Waals surface area contributed by atoms with Crippen LogP contribution in [0.3, 0.4) is 0 Å². The molecule has 2 nitrogen and oxygen atoms in total. The molecule has 0 saturated carbocycles.